The molecule has 2 heteroatoms. The summed E-state index contributed by atoms with van der Waals surface area (Å²) in [5.74, 6) is 0.989. The molecule has 0 nitrogen and oxygen atoms in total. The standard InChI is InChI=1S/C24H27PSe/c1-18(2)21-14-8-10-16-23(21)25(26,20-12-6-5-7-13-20)24-17-11-9-15-22(24)19(3)4/h5-19H,1-4H3. The van der Waals surface area contributed by atoms with Gasteiger partial charge < -0.3 is 0 Å². The van der Waals surface area contributed by atoms with Crippen molar-refractivity contribution in [2.24, 2.45) is 0 Å². The number of hydrogen-bond donors (Lipinski definition) is 0. The molecule has 0 saturated carbocycles. The molecule has 0 atom stereocenters. The van der Waals surface area contributed by atoms with Gasteiger partial charge in [-0.15, -0.1) is 0 Å². The Hall–Kier alpha value is -1.39. The zero-order valence-corrected chi connectivity index (χ0v) is 18.6. The van der Waals surface area contributed by atoms with E-state index in [1.54, 1.807) is 0 Å². The zero-order chi connectivity index (χ0) is 18.7. The Labute approximate surface area is 165 Å². The molecule has 0 saturated heterocycles. The van der Waals surface area contributed by atoms with E-state index in [0.717, 1.165) is 0 Å². The Balaban J connectivity index is 2.40. The minimum atomic E-state index is -1.83. The van der Waals surface area contributed by atoms with Gasteiger partial charge in [0.15, 0.2) is 0 Å². The minimum absolute atomic E-state index is 0.494. The number of hydrogen-bond acceptors (Lipinski definition) is 0. The summed E-state index contributed by atoms with van der Waals surface area (Å²) in [6.45, 7) is 9.18. The van der Waals surface area contributed by atoms with Crippen molar-refractivity contribution < 1.29 is 0 Å². The molecule has 0 amide bonds. The van der Waals surface area contributed by atoms with Crippen LogP contribution < -0.4 is 15.9 Å². The first kappa shape index (κ1) is 19.4. The van der Waals surface area contributed by atoms with Crippen LogP contribution in [0.1, 0.15) is 50.7 Å². The Morgan fingerprint density at radius 3 is 1.38 bits per heavy atom. The van der Waals surface area contributed by atoms with E-state index >= 15 is 0 Å². The molecule has 0 radical (unpaired) electrons. The van der Waals surface area contributed by atoms with Gasteiger partial charge in [0.1, 0.15) is 0 Å². The van der Waals surface area contributed by atoms with Crippen LogP contribution in [0.25, 0.3) is 0 Å². The Morgan fingerprint density at radius 1 is 0.577 bits per heavy atom. The third kappa shape index (κ3) is 3.54. The van der Waals surface area contributed by atoms with Gasteiger partial charge in [0, 0.05) is 0 Å². The van der Waals surface area contributed by atoms with E-state index in [-0.39, 0.29) is 0 Å². The Kier molecular flexibility index (Phi) is 6.03. The quantitative estimate of drug-likeness (QED) is 0.384. The molecular weight excluding hydrogens is 398 g/mol. The van der Waals surface area contributed by atoms with Gasteiger partial charge in [-0.2, -0.15) is 0 Å². The predicted molar refractivity (Wildman–Crippen MR) is 119 cm³/mol. The molecule has 0 N–H and O–H groups in total. The van der Waals surface area contributed by atoms with Gasteiger partial charge in [-0.3, -0.25) is 0 Å². The van der Waals surface area contributed by atoms with Crippen LogP contribution in [-0.4, -0.2) is 15.1 Å². The van der Waals surface area contributed by atoms with Crippen LogP contribution in [0, 0.1) is 0 Å². The third-order valence-corrected chi connectivity index (χ3v) is 11.9. The maximum atomic E-state index is 3.74. The third-order valence-electron chi connectivity index (χ3n) is 4.92. The second kappa shape index (κ2) is 8.10. The summed E-state index contributed by atoms with van der Waals surface area (Å²) < 4.78 is 0. The van der Waals surface area contributed by atoms with Gasteiger partial charge in [0.25, 0.3) is 0 Å². The average molecular weight is 425 g/mol. The molecule has 3 rings (SSSR count). The summed E-state index contributed by atoms with van der Waals surface area (Å²) in [7, 11) is 0. The first-order valence-corrected chi connectivity index (χ1v) is 13.3. The molecule has 3 aromatic rings. The fraction of sp³-hybridized carbons (Fsp3) is 0.250. The molecule has 0 heterocycles. The normalized spacial score (nSPS) is 11.9. The molecule has 134 valence electrons. The second-order valence-electron chi connectivity index (χ2n) is 7.37. The maximum absolute atomic E-state index is 3.74. The fourth-order valence-electron chi connectivity index (χ4n) is 3.57. The molecule has 0 aliphatic rings. The van der Waals surface area contributed by atoms with Crippen molar-refractivity contribution in [3.8, 4) is 0 Å². The molecule has 0 aliphatic carbocycles. The first-order valence-electron chi connectivity index (χ1n) is 9.31. The predicted octanol–water partition coefficient (Wildman–Crippen LogP) is 5.31. The molecule has 0 aromatic heterocycles. The van der Waals surface area contributed by atoms with Crippen LogP contribution in [0.15, 0.2) is 78.9 Å². The summed E-state index contributed by atoms with van der Waals surface area (Å²) in [5, 5.41) is 4.34. The van der Waals surface area contributed by atoms with Crippen molar-refractivity contribution in [2.75, 3.05) is 0 Å². The zero-order valence-electron chi connectivity index (χ0n) is 16.0. The van der Waals surface area contributed by atoms with E-state index in [4.69, 9.17) is 0 Å². The van der Waals surface area contributed by atoms with Gasteiger partial charge in [-0.1, -0.05) is 0 Å². The van der Waals surface area contributed by atoms with Crippen LogP contribution in [-0.2, 0) is 0 Å². The SMILES string of the molecule is CC(C)c1ccccc1P(=[Se])(c1ccccc1)c1ccccc1C(C)C. The fourth-order valence-corrected chi connectivity index (χ4v) is 9.82. The molecule has 3 aromatic carbocycles. The number of benzene rings is 3. The molecule has 0 bridgehead atoms. The molecule has 26 heavy (non-hydrogen) atoms. The Bertz CT molecular complexity index is 870. The van der Waals surface area contributed by atoms with E-state index in [1.807, 2.05) is 0 Å². The van der Waals surface area contributed by atoms with Crippen LogP contribution in [0.2, 0.25) is 0 Å². The van der Waals surface area contributed by atoms with Crippen molar-refractivity contribution in [3.05, 3.63) is 90.0 Å². The summed E-state index contributed by atoms with van der Waals surface area (Å²) >= 11 is 3.74. The van der Waals surface area contributed by atoms with Crippen LogP contribution in [0.5, 0.6) is 0 Å². The van der Waals surface area contributed by atoms with Crippen molar-refractivity contribution in [2.45, 2.75) is 39.5 Å². The van der Waals surface area contributed by atoms with Crippen LogP contribution in [0.4, 0.5) is 0 Å². The van der Waals surface area contributed by atoms with E-state index < -0.39 is 5.51 Å². The molecule has 0 aliphatic heterocycles. The summed E-state index contributed by atoms with van der Waals surface area (Å²) in [6.07, 6.45) is 0. The monoisotopic (exact) mass is 426 g/mol. The number of rotatable bonds is 5. The molecule has 0 fully saturated rings. The van der Waals surface area contributed by atoms with E-state index in [0.29, 0.717) is 11.8 Å². The molecular formula is C24H27PSe. The average Bonchev–Trinajstić information content (AvgIpc) is 2.68. The van der Waals surface area contributed by atoms with Gasteiger partial charge in [0.2, 0.25) is 0 Å². The van der Waals surface area contributed by atoms with Gasteiger partial charge in [0.05, 0.1) is 0 Å². The van der Waals surface area contributed by atoms with E-state index in [2.05, 4.69) is 122 Å². The Morgan fingerprint density at radius 2 is 0.962 bits per heavy atom. The van der Waals surface area contributed by atoms with Crippen LogP contribution in [0.3, 0.4) is 0 Å². The van der Waals surface area contributed by atoms with Gasteiger partial charge in [-0.05, 0) is 0 Å². The second-order valence-corrected chi connectivity index (χ2v) is 13.5. The van der Waals surface area contributed by atoms with Crippen LogP contribution >= 0.6 is 5.51 Å². The molecule has 0 spiro atoms. The summed E-state index contributed by atoms with van der Waals surface area (Å²) in [4.78, 5) is 0. The molecule has 0 unspecified atom stereocenters. The van der Waals surface area contributed by atoms with Crippen molar-refractivity contribution in [1.29, 1.82) is 0 Å². The van der Waals surface area contributed by atoms with E-state index in [1.165, 1.54) is 27.0 Å². The first-order chi connectivity index (χ1) is 12.5. The van der Waals surface area contributed by atoms with E-state index in [9.17, 15) is 0 Å². The van der Waals surface area contributed by atoms with Crippen molar-refractivity contribution >= 4 is 36.5 Å². The van der Waals surface area contributed by atoms with Gasteiger partial charge in [-0.25, -0.2) is 0 Å². The summed E-state index contributed by atoms with van der Waals surface area (Å²) in [6, 6.07) is 29.0. The van der Waals surface area contributed by atoms with Crippen molar-refractivity contribution in [3.63, 3.8) is 0 Å². The topological polar surface area (TPSA) is 0 Å². The van der Waals surface area contributed by atoms with Crippen molar-refractivity contribution in [1.82, 2.24) is 0 Å². The summed E-state index contributed by atoms with van der Waals surface area (Å²) in [5.41, 5.74) is 1.06. The van der Waals surface area contributed by atoms with Gasteiger partial charge >= 0.3 is 166 Å².